The number of nitrogens with one attached hydrogen (secondary N) is 2. The number of likely N-dealkylation sites (N-methyl/N-ethyl adjacent to an activating group) is 1. The van der Waals surface area contributed by atoms with Gasteiger partial charge in [-0.15, -0.1) is 0 Å². The van der Waals surface area contributed by atoms with Crippen molar-refractivity contribution < 1.29 is 22.7 Å². The standard InChI is InChI=1S/C12H18N2O5S/c1-13-6-7-14-20(16,17)9-4-5-10(12(15)19-3)11(8-9)18-2/h4-5,8,13-14H,6-7H2,1-3H3. The maximum Gasteiger partial charge on any atom is 0.341 e. The van der Waals surface area contributed by atoms with Crippen molar-refractivity contribution in [1.29, 1.82) is 0 Å². The highest BCUT2D eigenvalue weighted by Gasteiger charge is 2.19. The molecular formula is C12H18N2O5S. The number of rotatable bonds is 7. The molecule has 112 valence electrons. The van der Waals surface area contributed by atoms with Crippen molar-refractivity contribution in [2.75, 3.05) is 34.4 Å². The largest absolute Gasteiger partial charge is 0.496 e. The molecule has 0 saturated heterocycles. The molecule has 0 bridgehead atoms. The Bertz CT molecular complexity index is 571. The second kappa shape index (κ2) is 7.22. The van der Waals surface area contributed by atoms with Crippen molar-refractivity contribution >= 4 is 16.0 Å². The zero-order valence-corrected chi connectivity index (χ0v) is 12.4. The van der Waals surface area contributed by atoms with Gasteiger partial charge >= 0.3 is 5.97 Å². The third kappa shape index (κ3) is 3.92. The second-order valence-corrected chi connectivity index (χ2v) is 5.62. The Morgan fingerprint density at radius 3 is 2.50 bits per heavy atom. The number of ether oxygens (including phenoxy) is 2. The number of esters is 1. The van der Waals surface area contributed by atoms with E-state index in [4.69, 9.17) is 4.74 Å². The summed E-state index contributed by atoms with van der Waals surface area (Å²) in [4.78, 5) is 11.5. The molecule has 0 heterocycles. The number of carbonyl (C=O) groups excluding carboxylic acids is 1. The Morgan fingerprint density at radius 2 is 1.95 bits per heavy atom. The lowest BCUT2D eigenvalue weighted by atomic mass is 10.2. The smallest absolute Gasteiger partial charge is 0.341 e. The first-order valence-corrected chi connectivity index (χ1v) is 7.35. The van der Waals surface area contributed by atoms with Gasteiger partial charge in [-0.05, 0) is 19.2 Å². The Hall–Kier alpha value is -1.64. The molecule has 2 N–H and O–H groups in total. The van der Waals surface area contributed by atoms with E-state index in [0.717, 1.165) is 0 Å². The van der Waals surface area contributed by atoms with Crippen LogP contribution in [-0.2, 0) is 14.8 Å². The van der Waals surface area contributed by atoms with E-state index in [1.54, 1.807) is 7.05 Å². The Labute approximate surface area is 118 Å². The predicted molar refractivity (Wildman–Crippen MR) is 73.4 cm³/mol. The second-order valence-electron chi connectivity index (χ2n) is 3.85. The summed E-state index contributed by atoms with van der Waals surface area (Å²) >= 11 is 0. The molecule has 7 nitrogen and oxygen atoms in total. The Morgan fingerprint density at radius 1 is 1.25 bits per heavy atom. The lowest BCUT2D eigenvalue weighted by Gasteiger charge is -2.10. The monoisotopic (exact) mass is 302 g/mol. The van der Waals surface area contributed by atoms with Crippen molar-refractivity contribution in [1.82, 2.24) is 10.0 Å². The summed E-state index contributed by atoms with van der Waals surface area (Å²) in [5.41, 5.74) is 0.171. The first-order chi connectivity index (χ1) is 9.46. The van der Waals surface area contributed by atoms with Crippen LogP contribution in [0.25, 0.3) is 0 Å². The maximum atomic E-state index is 12.0. The van der Waals surface area contributed by atoms with Crippen molar-refractivity contribution in [2.24, 2.45) is 0 Å². The van der Waals surface area contributed by atoms with Crippen molar-refractivity contribution in [2.45, 2.75) is 4.90 Å². The van der Waals surface area contributed by atoms with Crippen LogP contribution in [0.4, 0.5) is 0 Å². The molecule has 0 radical (unpaired) electrons. The molecule has 0 fully saturated rings. The third-order valence-electron chi connectivity index (χ3n) is 2.56. The molecule has 8 heteroatoms. The highest BCUT2D eigenvalue weighted by molar-refractivity contribution is 7.89. The first-order valence-electron chi connectivity index (χ1n) is 5.87. The summed E-state index contributed by atoms with van der Waals surface area (Å²) < 4.78 is 36.1. The lowest BCUT2D eigenvalue weighted by Crippen LogP contribution is -2.30. The fourth-order valence-corrected chi connectivity index (χ4v) is 2.56. The van der Waals surface area contributed by atoms with Crippen LogP contribution in [0.15, 0.2) is 23.1 Å². The van der Waals surface area contributed by atoms with E-state index in [0.29, 0.717) is 6.54 Å². The molecule has 0 amide bonds. The van der Waals surface area contributed by atoms with E-state index >= 15 is 0 Å². The zero-order valence-electron chi connectivity index (χ0n) is 11.6. The molecule has 0 aliphatic heterocycles. The van der Waals surface area contributed by atoms with Gasteiger partial charge < -0.3 is 14.8 Å². The van der Waals surface area contributed by atoms with Gasteiger partial charge in [0.15, 0.2) is 0 Å². The molecular weight excluding hydrogens is 284 g/mol. The van der Waals surface area contributed by atoms with Crippen molar-refractivity contribution in [3.05, 3.63) is 23.8 Å². The van der Waals surface area contributed by atoms with Crippen LogP contribution in [0.3, 0.4) is 0 Å². The van der Waals surface area contributed by atoms with Gasteiger partial charge in [0.05, 0.1) is 19.1 Å². The summed E-state index contributed by atoms with van der Waals surface area (Å²) in [6.07, 6.45) is 0. The van der Waals surface area contributed by atoms with Gasteiger partial charge in [0.2, 0.25) is 10.0 Å². The van der Waals surface area contributed by atoms with E-state index in [1.807, 2.05) is 0 Å². The quantitative estimate of drug-likeness (QED) is 0.543. The molecule has 0 atom stereocenters. The topological polar surface area (TPSA) is 93.7 Å². The fourth-order valence-electron chi connectivity index (χ4n) is 1.51. The minimum Gasteiger partial charge on any atom is -0.496 e. The molecule has 0 saturated carbocycles. The summed E-state index contributed by atoms with van der Waals surface area (Å²) in [6.45, 7) is 0.774. The molecule has 20 heavy (non-hydrogen) atoms. The summed E-state index contributed by atoms with van der Waals surface area (Å²) in [7, 11) is 0.684. The van der Waals surface area contributed by atoms with Crippen molar-refractivity contribution in [3.8, 4) is 5.75 Å². The molecule has 0 aromatic heterocycles. The van der Waals surface area contributed by atoms with Gasteiger partial charge in [0, 0.05) is 19.2 Å². The first kappa shape index (κ1) is 16.4. The zero-order chi connectivity index (χ0) is 15.2. The molecule has 1 rings (SSSR count). The van der Waals surface area contributed by atoms with Gasteiger partial charge in [-0.3, -0.25) is 0 Å². The lowest BCUT2D eigenvalue weighted by molar-refractivity contribution is 0.0597. The molecule has 1 aromatic rings. The number of hydrogen-bond donors (Lipinski definition) is 2. The van der Waals surface area contributed by atoms with Gasteiger partial charge in [-0.2, -0.15) is 0 Å². The molecule has 1 aromatic carbocycles. The fraction of sp³-hybridized carbons (Fsp3) is 0.417. The van der Waals surface area contributed by atoms with Crippen LogP contribution in [0.1, 0.15) is 10.4 Å². The van der Waals surface area contributed by atoms with Crippen LogP contribution in [-0.4, -0.2) is 48.7 Å². The van der Waals surface area contributed by atoms with Crippen LogP contribution < -0.4 is 14.8 Å². The van der Waals surface area contributed by atoms with E-state index in [2.05, 4.69) is 14.8 Å². The summed E-state index contributed by atoms with van der Waals surface area (Å²) in [5, 5.41) is 2.83. The Balaban J connectivity index is 3.06. The average Bonchev–Trinajstić information content (AvgIpc) is 2.45. The molecule has 0 unspecified atom stereocenters. The number of methoxy groups -OCH3 is 2. The summed E-state index contributed by atoms with van der Waals surface area (Å²) in [6, 6.07) is 3.97. The van der Waals surface area contributed by atoms with E-state index < -0.39 is 16.0 Å². The Kier molecular flexibility index (Phi) is 5.93. The molecule has 0 aliphatic rings. The number of benzene rings is 1. The van der Waals surface area contributed by atoms with E-state index in [-0.39, 0.29) is 22.8 Å². The van der Waals surface area contributed by atoms with Crippen LogP contribution in [0, 0.1) is 0 Å². The minimum atomic E-state index is -3.64. The van der Waals surface area contributed by atoms with E-state index in [9.17, 15) is 13.2 Å². The maximum absolute atomic E-state index is 12.0. The highest BCUT2D eigenvalue weighted by Crippen LogP contribution is 2.23. The molecule has 0 spiro atoms. The SMILES string of the molecule is CNCCNS(=O)(=O)c1ccc(C(=O)OC)c(OC)c1. The average molecular weight is 302 g/mol. The number of sulfonamides is 1. The minimum absolute atomic E-state index is 0.0260. The van der Waals surface area contributed by atoms with Gasteiger partial charge in [-0.25, -0.2) is 17.9 Å². The summed E-state index contributed by atoms with van der Waals surface area (Å²) in [5.74, 6) is -0.442. The van der Waals surface area contributed by atoms with Crippen LogP contribution in [0.2, 0.25) is 0 Å². The third-order valence-corrected chi connectivity index (χ3v) is 4.01. The van der Waals surface area contributed by atoms with Crippen LogP contribution >= 0.6 is 0 Å². The normalized spacial score (nSPS) is 11.2. The molecule has 0 aliphatic carbocycles. The number of carbonyl (C=O) groups is 1. The van der Waals surface area contributed by atoms with Gasteiger partial charge in [0.1, 0.15) is 11.3 Å². The van der Waals surface area contributed by atoms with Gasteiger partial charge in [0.25, 0.3) is 0 Å². The van der Waals surface area contributed by atoms with Crippen molar-refractivity contribution in [3.63, 3.8) is 0 Å². The predicted octanol–water partition coefficient (Wildman–Crippen LogP) is -0.0205. The van der Waals surface area contributed by atoms with Crippen LogP contribution in [0.5, 0.6) is 5.75 Å². The van der Waals surface area contributed by atoms with E-state index in [1.165, 1.54) is 32.4 Å². The number of hydrogen-bond acceptors (Lipinski definition) is 6. The highest BCUT2D eigenvalue weighted by atomic mass is 32.2. The van der Waals surface area contributed by atoms with Gasteiger partial charge in [-0.1, -0.05) is 0 Å².